The van der Waals surface area contributed by atoms with Gasteiger partial charge in [-0.15, -0.1) is 0 Å². The maximum atomic E-state index is 9.54. The molecule has 0 fully saturated rings. The van der Waals surface area contributed by atoms with Crippen molar-refractivity contribution >= 4 is 5.69 Å². The van der Waals surface area contributed by atoms with Crippen LogP contribution in [0.5, 0.6) is 0 Å². The number of benzene rings is 1. The summed E-state index contributed by atoms with van der Waals surface area (Å²) in [5.41, 5.74) is 2.59. The number of nitrogens with zero attached hydrogens (tertiary/aromatic N) is 1. The van der Waals surface area contributed by atoms with Gasteiger partial charge in [-0.1, -0.05) is 19.1 Å². The monoisotopic (exact) mass is 235 g/mol. The number of aryl methyl sites for hydroxylation is 1. The summed E-state index contributed by atoms with van der Waals surface area (Å²) in [6.45, 7) is 8.38. The zero-order valence-electron chi connectivity index (χ0n) is 11.3. The van der Waals surface area contributed by atoms with Gasteiger partial charge in [0.1, 0.15) is 0 Å². The van der Waals surface area contributed by atoms with Gasteiger partial charge in [0.15, 0.2) is 0 Å². The average molecular weight is 235 g/mol. The molecule has 0 aliphatic rings. The fourth-order valence-corrected chi connectivity index (χ4v) is 2.02. The molecular formula is C15H25NO. The molecule has 1 N–H and O–H groups in total. The second kappa shape index (κ2) is 7.33. The number of rotatable bonds is 7. The molecule has 0 radical (unpaired) electrons. The minimum Gasteiger partial charge on any atom is -0.393 e. The van der Waals surface area contributed by atoms with Crippen LogP contribution in [0.25, 0.3) is 0 Å². The molecule has 2 nitrogen and oxygen atoms in total. The largest absolute Gasteiger partial charge is 0.393 e. The van der Waals surface area contributed by atoms with E-state index in [0.717, 1.165) is 32.4 Å². The standard InChI is InChI=1S/C15H25NO/c1-4-15(17)10-7-11-16(5-2)14-9-6-8-13(3)12-14/h6,8-9,12,15,17H,4-5,7,10-11H2,1-3H3. The first-order valence-corrected chi connectivity index (χ1v) is 6.67. The summed E-state index contributed by atoms with van der Waals surface area (Å²) in [7, 11) is 0. The number of aliphatic hydroxyl groups excluding tert-OH is 1. The summed E-state index contributed by atoms with van der Waals surface area (Å²) >= 11 is 0. The molecule has 0 spiro atoms. The lowest BCUT2D eigenvalue weighted by Gasteiger charge is -2.24. The third kappa shape index (κ3) is 4.78. The van der Waals surface area contributed by atoms with Gasteiger partial charge in [-0.3, -0.25) is 0 Å². The zero-order chi connectivity index (χ0) is 12.7. The van der Waals surface area contributed by atoms with Crippen LogP contribution in [0, 0.1) is 6.92 Å². The molecule has 1 aromatic rings. The van der Waals surface area contributed by atoms with Gasteiger partial charge >= 0.3 is 0 Å². The molecule has 0 aliphatic heterocycles. The maximum Gasteiger partial charge on any atom is 0.0538 e. The van der Waals surface area contributed by atoms with Crippen LogP contribution in [0.2, 0.25) is 0 Å². The number of hydrogen-bond acceptors (Lipinski definition) is 2. The third-order valence-electron chi connectivity index (χ3n) is 3.19. The van der Waals surface area contributed by atoms with E-state index >= 15 is 0 Å². The van der Waals surface area contributed by atoms with Gasteiger partial charge in [0, 0.05) is 18.8 Å². The van der Waals surface area contributed by atoms with Crippen LogP contribution in [0.1, 0.15) is 38.7 Å². The quantitative estimate of drug-likeness (QED) is 0.783. The second-order valence-electron chi connectivity index (χ2n) is 4.62. The van der Waals surface area contributed by atoms with Crippen molar-refractivity contribution in [3.63, 3.8) is 0 Å². The SMILES string of the molecule is CCC(O)CCCN(CC)c1cccc(C)c1. The fraction of sp³-hybridized carbons (Fsp3) is 0.600. The van der Waals surface area contributed by atoms with Gasteiger partial charge in [-0.25, -0.2) is 0 Å². The van der Waals surface area contributed by atoms with Gasteiger partial charge in [0.2, 0.25) is 0 Å². The molecule has 1 rings (SSSR count). The molecule has 0 heterocycles. The van der Waals surface area contributed by atoms with E-state index in [1.165, 1.54) is 11.3 Å². The maximum absolute atomic E-state index is 9.54. The Labute approximate surface area is 105 Å². The van der Waals surface area contributed by atoms with Crippen LogP contribution in [0.15, 0.2) is 24.3 Å². The number of anilines is 1. The Morgan fingerprint density at radius 1 is 1.29 bits per heavy atom. The molecule has 17 heavy (non-hydrogen) atoms. The predicted octanol–water partition coefficient (Wildman–Crippen LogP) is 3.37. The fourth-order valence-electron chi connectivity index (χ4n) is 2.02. The van der Waals surface area contributed by atoms with E-state index in [1.807, 2.05) is 6.92 Å². The Bertz CT molecular complexity index is 324. The van der Waals surface area contributed by atoms with Gasteiger partial charge in [0.25, 0.3) is 0 Å². The third-order valence-corrected chi connectivity index (χ3v) is 3.19. The van der Waals surface area contributed by atoms with E-state index in [1.54, 1.807) is 0 Å². The van der Waals surface area contributed by atoms with Crippen molar-refractivity contribution in [1.29, 1.82) is 0 Å². The molecule has 0 saturated carbocycles. The molecule has 1 atom stereocenters. The molecule has 1 unspecified atom stereocenters. The summed E-state index contributed by atoms with van der Waals surface area (Å²) in [6, 6.07) is 8.61. The molecule has 1 aromatic carbocycles. The molecule has 0 saturated heterocycles. The topological polar surface area (TPSA) is 23.5 Å². The van der Waals surface area contributed by atoms with E-state index in [-0.39, 0.29) is 6.10 Å². The number of aliphatic hydroxyl groups is 1. The lowest BCUT2D eigenvalue weighted by Crippen LogP contribution is -2.24. The van der Waals surface area contributed by atoms with Gasteiger partial charge in [-0.2, -0.15) is 0 Å². The highest BCUT2D eigenvalue weighted by atomic mass is 16.3. The Hall–Kier alpha value is -1.02. The van der Waals surface area contributed by atoms with E-state index in [0.29, 0.717) is 0 Å². The molecular weight excluding hydrogens is 210 g/mol. The van der Waals surface area contributed by atoms with Crippen molar-refractivity contribution in [2.45, 2.75) is 46.1 Å². The highest BCUT2D eigenvalue weighted by Crippen LogP contribution is 2.16. The first-order valence-electron chi connectivity index (χ1n) is 6.67. The van der Waals surface area contributed by atoms with Crippen molar-refractivity contribution in [1.82, 2.24) is 0 Å². The van der Waals surface area contributed by atoms with Crippen molar-refractivity contribution in [3.8, 4) is 0 Å². The summed E-state index contributed by atoms with van der Waals surface area (Å²) in [6.07, 6.45) is 2.68. The number of hydrogen-bond donors (Lipinski definition) is 1. The van der Waals surface area contributed by atoms with E-state index in [2.05, 4.69) is 43.0 Å². The molecule has 0 amide bonds. The molecule has 2 heteroatoms. The Morgan fingerprint density at radius 2 is 2.06 bits per heavy atom. The predicted molar refractivity (Wildman–Crippen MR) is 74.6 cm³/mol. The minimum atomic E-state index is -0.133. The Morgan fingerprint density at radius 3 is 2.65 bits per heavy atom. The van der Waals surface area contributed by atoms with E-state index in [9.17, 15) is 5.11 Å². The highest BCUT2D eigenvalue weighted by Gasteiger charge is 2.06. The van der Waals surface area contributed by atoms with Gasteiger partial charge in [0.05, 0.1) is 6.10 Å². The minimum absolute atomic E-state index is 0.133. The van der Waals surface area contributed by atoms with Crippen LogP contribution in [0.4, 0.5) is 5.69 Å². The molecule has 0 aliphatic carbocycles. The Kier molecular flexibility index (Phi) is 6.06. The van der Waals surface area contributed by atoms with E-state index in [4.69, 9.17) is 0 Å². The van der Waals surface area contributed by atoms with Gasteiger partial charge < -0.3 is 10.0 Å². The first-order chi connectivity index (χ1) is 8.17. The normalized spacial score (nSPS) is 12.5. The second-order valence-corrected chi connectivity index (χ2v) is 4.62. The zero-order valence-corrected chi connectivity index (χ0v) is 11.3. The van der Waals surface area contributed by atoms with Crippen LogP contribution in [-0.2, 0) is 0 Å². The summed E-state index contributed by atoms with van der Waals surface area (Å²) in [5, 5.41) is 9.54. The van der Waals surface area contributed by atoms with E-state index < -0.39 is 0 Å². The van der Waals surface area contributed by atoms with Crippen LogP contribution >= 0.6 is 0 Å². The van der Waals surface area contributed by atoms with Crippen LogP contribution < -0.4 is 4.90 Å². The summed E-state index contributed by atoms with van der Waals surface area (Å²) in [5.74, 6) is 0. The lowest BCUT2D eigenvalue weighted by atomic mass is 10.1. The summed E-state index contributed by atoms with van der Waals surface area (Å²) < 4.78 is 0. The molecule has 96 valence electrons. The molecule has 0 aromatic heterocycles. The van der Waals surface area contributed by atoms with Gasteiger partial charge in [-0.05, 0) is 50.8 Å². The highest BCUT2D eigenvalue weighted by molar-refractivity contribution is 5.48. The van der Waals surface area contributed by atoms with Crippen molar-refractivity contribution in [3.05, 3.63) is 29.8 Å². The van der Waals surface area contributed by atoms with Crippen molar-refractivity contribution < 1.29 is 5.11 Å². The van der Waals surface area contributed by atoms with Crippen molar-refractivity contribution in [2.24, 2.45) is 0 Å². The summed E-state index contributed by atoms with van der Waals surface area (Å²) in [4.78, 5) is 2.37. The van der Waals surface area contributed by atoms with Crippen LogP contribution in [-0.4, -0.2) is 24.3 Å². The lowest BCUT2D eigenvalue weighted by molar-refractivity contribution is 0.158. The first kappa shape index (κ1) is 14.0. The Balaban J connectivity index is 2.48. The van der Waals surface area contributed by atoms with Crippen molar-refractivity contribution in [2.75, 3.05) is 18.0 Å². The molecule has 0 bridgehead atoms. The smallest absolute Gasteiger partial charge is 0.0538 e. The average Bonchev–Trinajstić information content (AvgIpc) is 2.34. The van der Waals surface area contributed by atoms with Crippen LogP contribution in [0.3, 0.4) is 0 Å².